The molecule has 3 heterocycles. The summed E-state index contributed by atoms with van der Waals surface area (Å²) in [5.41, 5.74) is 2.44. The van der Waals surface area contributed by atoms with E-state index in [0.717, 1.165) is 24.3 Å². The number of nitrogens with zero attached hydrogens (tertiary/aromatic N) is 4. The molecule has 128 valence electrons. The summed E-state index contributed by atoms with van der Waals surface area (Å²) in [6.45, 7) is 3.04. The number of fused-ring (bicyclic) bond motifs is 1. The van der Waals surface area contributed by atoms with E-state index in [9.17, 15) is 9.18 Å². The first-order valence-electron chi connectivity index (χ1n) is 8.32. The third-order valence-corrected chi connectivity index (χ3v) is 4.71. The van der Waals surface area contributed by atoms with Gasteiger partial charge >= 0.3 is 0 Å². The molecule has 0 unspecified atom stereocenters. The van der Waals surface area contributed by atoms with E-state index in [2.05, 4.69) is 9.88 Å². The first kappa shape index (κ1) is 15.8. The summed E-state index contributed by atoms with van der Waals surface area (Å²) in [6.07, 6.45) is 5.36. The zero-order valence-electron chi connectivity index (χ0n) is 14.0. The summed E-state index contributed by atoms with van der Waals surface area (Å²) in [5, 5.41) is 0. The Labute approximate surface area is 145 Å². The third-order valence-electron chi connectivity index (χ3n) is 4.71. The number of imidazole rings is 1. The first-order chi connectivity index (χ1) is 12.1. The zero-order valence-corrected chi connectivity index (χ0v) is 14.0. The fourth-order valence-corrected chi connectivity index (χ4v) is 3.15. The lowest BCUT2D eigenvalue weighted by atomic mass is 10.0. The van der Waals surface area contributed by atoms with Gasteiger partial charge in [0.15, 0.2) is 0 Å². The van der Waals surface area contributed by atoms with Crippen LogP contribution in [0.25, 0.3) is 16.8 Å². The van der Waals surface area contributed by atoms with Crippen molar-refractivity contribution in [2.45, 2.75) is 0 Å². The first-order valence-corrected chi connectivity index (χ1v) is 8.32. The lowest BCUT2D eigenvalue weighted by Gasteiger charge is -2.32. The second-order valence-corrected chi connectivity index (χ2v) is 6.40. The van der Waals surface area contributed by atoms with Crippen molar-refractivity contribution >= 4 is 11.6 Å². The smallest absolute Gasteiger partial charge is 0.254 e. The van der Waals surface area contributed by atoms with Crippen LogP contribution in [0, 0.1) is 5.82 Å². The van der Waals surface area contributed by atoms with E-state index in [-0.39, 0.29) is 11.7 Å². The Morgan fingerprint density at radius 2 is 1.92 bits per heavy atom. The number of likely N-dealkylation sites (N-methyl/N-ethyl adjacent to an activating group) is 1. The molecule has 1 aromatic carbocycles. The van der Waals surface area contributed by atoms with Crippen LogP contribution in [0.2, 0.25) is 0 Å². The van der Waals surface area contributed by atoms with E-state index in [0.29, 0.717) is 24.2 Å². The molecule has 25 heavy (non-hydrogen) atoms. The summed E-state index contributed by atoms with van der Waals surface area (Å²) in [4.78, 5) is 20.7. The van der Waals surface area contributed by atoms with Gasteiger partial charge in [-0.15, -0.1) is 0 Å². The van der Waals surface area contributed by atoms with Crippen LogP contribution >= 0.6 is 0 Å². The minimum Gasteiger partial charge on any atom is -0.336 e. The minimum absolute atomic E-state index is 0.108. The number of amides is 1. The minimum atomic E-state index is -0.389. The fraction of sp³-hybridized carbons (Fsp3) is 0.263. The molecule has 5 nitrogen and oxygen atoms in total. The number of hydrogen-bond acceptors (Lipinski definition) is 3. The molecule has 6 heteroatoms. The van der Waals surface area contributed by atoms with Gasteiger partial charge in [-0.1, -0.05) is 6.07 Å². The Bertz CT molecular complexity index is 928. The molecule has 0 bridgehead atoms. The van der Waals surface area contributed by atoms with Gasteiger partial charge in [-0.3, -0.25) is 4.79 Å². The molecular formula is C19H19FN4O. The lowest BCUT2D eigenvalue weighted by Crippen LogP contribution is -2.47. The van der Waals surface area contributed by atoms with Crippen molar-refractivity contribution in [3.8, 4) is 11.1 Å². The molecule has 0 aliphatic carbocycles. The quantitative estimate of drug-likeness (QED) is 0.721. The average Bonchev–Trinajstić information content (AvgIpc) is 3.09. The van der Waals surface area contributed by atoms with Gasteiger partial charge in [0, 0.05) is 61.5 Å². The number of benzene rings is 1. The Morgan fingerprint density at radius 3 is 2.68 bits per heavy atom. The molecule has 0 saturated carbocycles. The van der Waals surface area contributed by atoms with E-state index in [1.807, 2.05) is 36.0 Å². The molecule has 4 rings (SSSR count). The molecule has 3 aromatic rings. The van der Waals surface area contributed by atoms with Gasteiger partial charge in [0.05, 0.1) is 0 Å². The number of carbonyl (C=O) groups excluding carboxylic acids is 1. The maximum absolute atomic E-state index is 14.6. The van der Waals surface area contributed by atoms with E-state index < -0.39 is 0 Å². The second kappa shape index (κ2) is 6.29. The molecule has 1 fully saturated rings. The van der Waals surface area contributed by atoms with Crippen molar-refractivity contribution in [3.05, 3.63) is 60.3 Å². The summed E-state index contributed by atoms with van der Waals surface area (Å²) in [7, 11) is 2.04. The summed E-state index contributed by atoms with van der Waals surface area (Å²) < 4.78 is 16.5. The number of aromatic nitrogens is 2. The number of halogens is 1. The third kappa shape index (κ3) is 3.00. The van der Waals surface area contributed by atoms with Gasteiger partial charge in [0.1, 0.15) is 11.5 Å². The van der Waals surface area contributed by atoms with E-state index in [1.165, 1.54) is 6.07 Å². The normalized spacial score (nSPS) is 15.7. The SMILES string of the molecule is CN1CCN(C(=O)c2ccc(-c3ccc4nccn4c3)c(F)c2)CC1. The molecule has 1 saturated heterocycles. The van der Waals surface area contributed by atoms with Crippen LogP contribution in [0.15, 0.2) is 48.9 Å². The van der Waals surface area contributed by atoms with Crippen molar-refractivity contribution in [1.29, 1.82) is 0 Å². The van der Waals surface area contributed by atoms with Crippen LogP contribution in [0.4, 0.5) is 4.39 Å². The average molecular weight is 338 g/mol. The predicted molar refractivity (Wildman–Crippen MR) is 94.0 cm³/mol. The Balaban J connectivity index is 1.61. The molecular weight excluding hydrogens is 319 g/mol. The standard InChI is InChI=1S/C19H19FN4O/c1-22-8-10-23(11-9-22)19(25)14-2-4-16(17(20)12-14)15-3-5-18-21-6-7-24(18)13-15/h2-7,12-13H,8-11H2,1H3. The van der Waals surface area contributed by atoms with Crippen molar-refractivity contribution in [2.75, 3.05) is 33.2 Å². The van der Waals surface area contributed by atoms with E-state index in [4.69, 9.17) is 0 Å². The highest BCUT2D eigenvalue weighted by atomic mass is 19.1. The van der Waals surface area contributed by atoms with Crippen molar-refractivity contribution in [2.24, 2.45) is 0 Å². The molecule has 0 radical (unpaired) electrons. The fourth-order valence-electron chi connectivity index (χ4n) is 3.15. The van der Waals surface area contributed by atoms with Crippen molar-refractivity contribution < 1.29 is 9.18 Å². The zero-order chi connectivity index (χ0) is 17.4. The van der Waals surface area contributed by atoms with Gasteiger partial charge in [-0.25, -0.2) is 9.37 Å². The maximum Gasteiger partial charge on any atom is 0.254 e. The number of piperazine rings is 1. The molecule has 0 N–H and O–H groups in total. The molecule has 1 amide bonds. The largest absolute Gasteiger partial charge is 0.336 e. The van der Waals surface area contributed by atoms with Crippen LogP contribution in [0.3, 0.4) is 0 Å². The molecule has 0 atom stereocenters. The van der Waals surface area contributed by atoms with Gasteiger partial charge in [-0.05, 0) is 31.3 Å². The van der Waals surface area contributed by atoms with Crippen molar-refractivity contribution in [3.63, 3.8) is 0 Å². The highest BCUT2D eigenvalue weighted by molar-refractivity contribution is 5.95. The van der Waals surface area contributed by atoms with Crippen LogP contribution in [0.5, 0.6) is 0 Å². The van der Waals surface area contributed by atoms with Gasteiger partial charge in [0.25, 0.3) is 5.91 Å². The molecule has 1 aliphatic heterocycles. The highest BCUT2D eigenvalue weighted by Gasteiger charge is 2.21. The van der Waals surface area contributed by atoms with Crippen LogP contribution in [-0.2, 0) is 0 Å². The molecule has 0 spiro atoms. The number of rotatable bonds is 2. The second-order valence-electron chi connectivity index (χ2n) is 6.40. The molecule has 1 aliphatic rings. The number of carbonyl (C=O) groups is 1. The van der Waals surface area contributed by atoms with Gasteiger partial charge in [-0.2, -0.15) is 0 Å². The van der Waals surface area contributed by atoms with Gasteiger partial charge < -0.3 is 14.2 Å². The van der Waals surface area contributed by atoms with Crippen LogP contribution in [-0.4, -0.2) is 58.3 Å². The van der Waals surface area contributed by atoms with Crippen LogP contribution in [0.1, 0.15) is 10.4 Å². The van der Waals surface area contributed by atoms with Crippen molar-refractivity contribution in [1.82, 2.24) is 19.2 Å². The highest BCUT2D eigenvalue weighted by Crippen LogP contribution is 2.24. The Morgan fingerprint density at radius 1 is 1.12 bits per heavy atom. The maximum atomic E-state index is 14.6. The lowest BCUT2D eigenvalue weighted by molar-refractivity contribution is 0.0663. The van der Waals surface area contributed by atoms with E-state index in [1.54, 1.807) is 23.2 Å². The van der Waals surface area contributed by atoms with Crippen LogP contribution < -0.4 is 0 Å². The Hall–Kier alpha value is -2.73. The summed E-state index contributed by atoms with van der Waals surface area (Å²) in [5.74, 6) is -0.497. The Kier molecular flexibility index (Phi) is 3.97. The monoisotopic (exact) mass is 338 g/mol. The van der Waals surface area contributed by atoms with Gasteiger partial charge in [0.2, 0.25) is 0 Å². The predicted octanol–water partition coefficient (Wildman–Crippen LogP) is 2.53. The summed E-state index contributed by atoms with van der Waals surface area (Å²) >= 11 is 0. The topological polar surface area (TPSA) is 40.8 Å². The summed E-state index contributed by atoms with van der Waals surface area (Å²) in [6, 6.07) is 8.41. The molecule has 2 aromatic heterocycles. The number of pyridine rings is 1. The number of hydrogen-bond donors (Lipinski definition) is 0. The van der Waals surface area contributed by atoms with E-state index >= 15 is 0 Å².